The number of nitrogens with one attached hydrogen (secondary N) is 1. The van der Waals surface area contributed by atoms with Gasteiger partial charge in [0.05, 0.1) is 0 Å². The van der Waals surface area contributed by atoms with Crippen molar-refractivity contribution in [2.45, 2.75) is 43.2 Å². The van der Waals surface area contributed by atoms with Gasteiger partial charge in [0.2, 0.25) is 6.41 Å². The van der Waals surface area contributed by atoms with Gasteiger partial charge in [0.1, 0.15) is 5.82 Å². The Morgan fingerprint density at radius 3 is 2.62 bits per heavy atom. The van der Waals surface area contributed by atoms with Crippen LogP contribution in [0, 0.1) is 5.82 Å². The van der Waals surface area contributed by atoms with Crippen molar-refractivity contribution >= 4 is 29.6 Å². The van der Waals surface area contributed by atoms with Crippen molar-refractivity contribution in [2.75, 3.05) is 4.90 Å². The molecule has 29 heavy (non-hydrogen) atoms. The van der Waals surface area contributed by atoms with Crippen molar-refractivity contribution in [3.63, 3.8) is 0 Å². The Balaban J connectivity index is 1.78. The summed E-state index contributed by atoms with van der Waals surface area (Å²) in [6.45, 7) is 0. The van der Waals surface area contributed by atoms with Crippen molar-refractivity contribution in [3.05, 3.63) is 64.4 Å². The van der Waals surface area contributed by atoms with Gasteiger partial charge in [-0.15, -0.1) is 0 Å². The third kappa shape index (κ3) is 3.37. The van der Waals surface area contributed by atoms with Gasteiger partial charge >= 0.3 is 0 Å². The van der Waals surface area contributed by atoms with E-state index >= 15 is 0 Å². The number of alkyl halides is 2. The van der Waals surface area contributed by atoms with Crippen LogP contribution in [-0.2, 0) is 21.5 Å². The highest BCUT2D eigenvalue weighted by Crippen LogP contribution is 2.45. The zero-order valence-electron chi connectivity index (χ0n) is 15.3. The third-order valence-corrected chi connectivity index (χ3v) is 5.91. The summed E-state index contributed by atoms with van der Waals surface area (Å²) in [5.74, 6) is -3.91. The quantitative estimate of drug-likeness (QED) is 0.734. The van der Waals surface area contributed by atoms with Crippen LogP contribution in [0.3, 0.4) is 0 Å². The number of hydrogen-bond acceptors (Lipinski definition) is 2. The smallest absolute Gasteiger partial charge is 0.252 e. The van der Waals surface area contributed by atoms with Crippen LogP contribution in [0.25, 0.3) is 0 Å². The summed E-state index contributed by atoms with van der Waals surface area (Å²) in [6.07, 6.45) is 0.288. The van der Waals surface area contributed by atoms with Gasteiger partial charge in [-0.05, 0) is 54.3 Å². The predicted octanol–water partition coefficient (Wildman–Crippen LogP) is 4.20. The maximum atomic E-state index is 13.8. The normalized spacial score (nSPS) is 22.5. The molecular formula is C21H18ClF3N2O2. The Labute approximate surface area is 170 Å². The van der Waals surface area contributed by atoms with Gasteiger partial charge in [-0.1, -0.05) is 23.7 Å². The summed E-state index contributed by atoms with van der Waals surface area (Å²) in [4.78, 5) is 26.7. The van der Waals surface area contributed by atoms with E-state index in [-0.39, 0.29) is 12.1 Å². The Morgan fingerprint density at radius 2 is 1.97 bits per heavy atom. The lowest BCUT2D eigenvalue weighted by molar-refractivity contribution is -0.135. The topological polar surface area (TPSA) is 49.4 Å². The van der Waals surface area contributed by atoms with E-state index in [1.165, 1.54) is 23.1 Å². The number of hydrogen-bond donors (Lipinski definition) is 1. The number of anilines is 1. The molecule has 0 bridgehead atoms. The van der Waals surface area contributed by atoms with Gasteiger partial charge in [-0.25, -0.2) is 13.2 Å². The van der Waals surface area contributed by atoms with Gasteiger partial charge in [0.15, 0.2) is 5.54 Å². The minimum Gasteiger partial charge on any atom is -0.351 e. The second-order valence-electron chi connectivity index (χ2n) is 7.55. The van der Waals surface area contributed by atoms with Crippen molar-refractivity contribution in [1.29, 1.82) is 0 Å². The Morgan fingerprint density at radius 1 is 1.21 bits per heavy atom. The molecule has 1 atom stereocenters. The second-order valence-corrected chi connectivity index (χ2v) is 7.99. The summed E-state index contributed by atoms with van der Waals surface area (Å²) in [7, 11) is 0. The number of carbonyl (C=O) groups excluding carboxylic acids is 2. The third-order valence-electron chi connectivity index (χ3n) is 5.67. The maximum absolute atomic E-state index is 13.8. The lowest BCUT2D eigenvalue weighted by Crippen LogP contribution is -2.60. The van der Waals surface area contributed by atoms with Gasteiger partial charge in [-0.3, -0.25) is 14.5 Å². The van der Waals surface area contributed by atoms with E-state index < -0.39 is 42.1 Å². The first kappa shape index (κ1) is 19.8. The summed E-state index contributed by atoms with van der Waals surface area (Å²) in [5.41, 5.74) is 0.0777. The number of carbonyl (C=O) groups is 2. The number of amides is 2. The first-order valence-electron chi connectivity index (χ1n) is 9.23. The van der Waals surface area contributed by atoms with Gasteiger partial charge in [0, 0.05) is 29.6 Å². The van der Waals surface area contributed by atoms with Crippen molar-refractivity contribution in [3.8, 4) is 0 Å². The molecule has 0 aromatic heterocycles. The van der Waals surface area contributed by atoms with Gasteiger partial charge in [-0.2, -0.15) is 0 Å². The maximum Gasteiger partial charge on any atom is 0.252 e. The molecule has 2 aliphatic carbocycles. The van der Waals surface area contributed by atoms with Crippen LogP contribution in [0.2, 0.25) is 5.02 Å². The average molecular weight is 423 g/mol. The van der Waals surface area contributed by atoms with E-state index in [0.29, 0.717) is 23.4 Å². The summed E-state index contributed by atoms with van der Waals surface area (Å²) >= 11 is 6.08. The van der Waals surface area contributed by atoms with E-state index in [0.717, 1.165) is 11.6 Å². The van der Waals surface area contributed by atoms with E-state index in [2.05, 4.69) is 5.32 Å². The van der Waals surface area contributed by atoms with Gasteiger partial charge < -0.3 is 5.32 Å². The van der Waals surface area contributed by atoms with Crippen LogP contribution in [0.15, 0.2) is 42.5 Å². The minimum atomic E-state index is -2.79. The first-order valence-corrected chi connectivity index (χ1v) is 9.61. The highest BCUT2D eigenvalue weighted by molar-refractivity contribution is 6.30. The molecule has 152 valence electrons. The number of benzene rings is 2. The molecule has 0 unspecified atom stereocenters. The molecule has 1 saturated carbocycles. The predicted molar refractivity (Wildman–Crippen MR) is 103 cm³/mol. The lowest BCUT2D eigenvalue weighted by Gasteiger charge is -2.42. The first-order chi connectivity index (χ1) is 13.7. The SMILES string of the molecule is O=CN(c1cccc(F)c1)[C@]1(C(=O)NC2CC(F)(F)C2)CCc2cc(Cl)ccc21. The molecule has 0 heterocycles. The zero-order valence-corrected chi connectivity index (χ0v) is 16.1. The van der Waals surface area contributed by atoms with Crippen LogP contribution in [0.5, 0.6) is 0 Å². The van der Waals surface area contributed by atoms with E-state index in [9.17, 15) is 22.8 Å². The summed E-state index contributed by atoms with van der Waals surface area (Å²) in [6, 6.07) is 9.68. The van der Waals surface area contributed by atoms with Crippen molar-refractivity contribution in [1.82, 2.24) is 5.32 Å². The molecule has 0 spiro atoms. The minimum absolute atomic E-state index is 0.205. The highest BCUT2D eigenvalue weighted by atomic mass is 35.5. The van der Waals surface area contributed by atoms with Crippen LogP contribution in [-0.4, -0.2) is 24.3 Å². The second kappa shape index (κ2) is 7.06. The van der Waals surface area contributed by atoms with Crippen molar-refractivity contribution < 1.29 is 22.8 Å². The Hall–Kier alpha value is -2.54. The molecule has 4 nitrogen and oxygen atoms in total. The number of fused-ring (bicyclic) bond motifs is 1. The van der Waals surface area contributed by atoms with E-state index in [1.54, 1.807) is 18.2 Å². The Bertz CT molecular complexity index is 976. The standard InChI is InChI=1S/C21H18ClF3N2O2/c22-14-4-5-18-13(8-14)6-7-21(18,19(29)26-16-10-20(24,25)11-16)27(12-28)17-3-1-2-15(23)9-17/h1-5,8-9,12,16H,6-7,10-11H2,(H,26,29)/t21-/m1/s1. The molecule has 2 amide bonds. The number of rotatable bonds is 5. The zero-order chi connectivity index (χ0) is 20.8. The van der Waals surface area contributed by atoms with Crippen LogP contribution < -0.4 is 10.2 Å². The molecule has 8 heteroatoms. The van der Waals surface area contributed by atoms with Crippen LogP contribution >= 0.6 is 11.6 Å². The monoisotopic (exact) mass is 422 g/mol. The van der Waals surface area contributed by atoms with E-state index in [1.807, 2.05) is 0 Å². The highest BCUT2D eigenvalue weighted by Gasteiger charge is 2.53. The lowest BCUT2D eigenvalue weighted by atomic mass is 9.84. The molecule has 0 saturated heterocycles. The number of halogens is 4. The fourth-order valence-electron chi connectivity index (χ4n) is 4.28. The van der Waals surface area contributed by atoms with E-state index in [4.69, 9.17) is 11.6 Å². The number of aryl methyl sites for hydroxylation is 1. The molecule has 2 aliphatic rings. The number of nitrogens with zero attached hydrogens (tertiary/aromatic N) is 1. The molecule has 4 rings (SSSR count). The molecule has 0 aliphatic heterocycles. The van der Waals surface area contributed by atoms with Crippen molar-refractivity contribution in [2.24, 2.45) is 0 Å². The largest absolute Gasteiger partial charge is 0.351 e. The summed E-state index contributed by atoms with van der Waals surface area (Å²) < 4.78 is 40.4. The van der Waals surface area contributed by atoms with Gasteiger partial charge in [0.25, 0.3) is 11.8 Å². The molecule has 2 aromatic carbocycles. The average Bonchev–Trinajstić information content (AvgIpc) is 3.00. The molecule has 1 fully saturated rings. The fourth-order valence-corrected chi connectivity index (χ4v) is 4.48. The van der Waals surface area contributed by atoms with Crippen LogP contribution in [0.4, 0.5) is 18.9 Å². The Kier molecular flexibility index (Phi) is 4.81. The molecule has 0 radical (unpaired) electrons. The molecular weight excluding hydrogens is 405 g/mol. The molecule has 1 N–H and O–H groups in total. The van der Waals surface area contributed by atoms with Crippen LogP contribution in [0.1, 0.15) is 30.4 Å². The fraction of sp³-hybridized carbons (Fsp3) is 0.333. The molecule has 2 aromatic rings. The summed E-state index contributed by atoms with van der Waals surface area (Å²) in [5, 5.41) is 3.15.